The van der Waals surface area contributed by atoms with Crippen LogP contribution in [0, 0.1) is 5.92 Å². The number of alkyl halides is 3. The summed E-state index contributed by atoms with van der Waals surface area (Å²) in [6, 6.07) is 2.45. The summed E-state index contributed by atoms with van der Waals surface area (Å²) in [5.41, 5.74) is -0.235. The van der Waals surface area contributed by atoms with Crippen LogP contribution >= 0.6 is 0 Å². The molecule has 3 heterocycles. The maximum absolute atomic E-state index is 12.6. The van der Waals surface area contributed by atoms with E-state index in [4.69, 9.17) is 0 Å². The number of piperidine rings is 2. The van der Waals surface area contributed by atoms with Crippen molar-refractivity contribution < 1.29 is 28.5 Å². The number of likely N-dealkylation sites (tertiary alicyclic amines) is 1. The van der Waals surface area contributed by atoms with Crippen LogP contribution < -0.4 is 4.90 Å². The summed E-state index contributed by atoms with van der Waals surface area (Å²) < 4.78 is 37.9. The Labute approximate surface area is 149 Å². The Morgan fingerprint density at radius 1 is 1.08 bits per heavy atom. The fourth-order valence-electron chi connectivity index (χ4n) is 3.78. The highest BCUT2D eigenvalue weighted by Gasteiger charge is 2.35. The first-order valence-electron chi connectivity index (χ1n) is 8.79. The second-order valence-electron chi connectivity index (χ2n) is 7.20. The van der Waals surface area contributed by atoms with Crippen molar-refractivity contribution in [2.24, 2.45) is 5.92 Å². The van der Waals surface area contributed by atoms with Gasteiger partial charge in [-0.15, -0.1) is 0 Å². The van der Waals surface area contributed by atoms with Crippen LogP contribution in [0.3, 0.4) is 0 Å². The number of aliphatic hydroxyl groups is 3. The van der Waals surface area contributed by atoms with Crippen molar-refractivity contribution in [3.8, 4) is 0 Å². The molecule has 2 aliphatic rings. The van der Waals surface area contributed by atoms with Crippen molar-refractivity contribution in [2.45, 2.75) is 37.3 Å². The molecule has 146 valence electrons. The van der Waals surface area contributed by atoms with E-state index in [9.17, 15) is 28.5 Å². The number of pyridine rings is 1. The lowest BCUT2D eigenvalue weighted by molar-refractivity contribution is -0.141. The lowest BCUT2D eigenvalue weighted by atomic mass is 9.94. The van der Waals surface area contributed by atoms with Crippen molar-refractivity contribution in [1.29, 1.82) is 0 Å². The summed E-state index contributed by atoms with van der Waals surface area (Å²) in [5.74, 6) is 0.265. The molecule has 2 aliphatic heterocycles. The number of aromatic nitrogens is 1. The number of hydrogen-bond acceptors (Lipinski definition) is 6. The molecule has 0 saturated carbocycles. The standard InChI is InChI=1S/C17H24F3N3O3/c18-17(19,20)15-4-3-12(6-21-15)23-5-1-2-11(8-23)7-22-9-13(24)16(26)14(25)10-22/h3-4,6,11,13-14,16,24-26H,1-2,5,7-10H2/t11-,13-,14+,16?/m0/s1. The van der Waals surface area contributed by atoms with E-state index in [-0.39, 0.29) is 5.92 Å². The SMILES string of the molecule is OC1[C@H](O)CN(C[C@@H]2CCCN(c3ccc(C(F)(F)F)nc3)C2)C[C@@H]1O. The summed E-state index contributed by atoms with van der Waals surface area (Å²) in [6.07, 6.45) is -4.37. The van der Waals surface area contributed by atoms with Crippen molar-refractivity contribution in [1.82, 2.24) is 9.88 Å². The van der Waals surface area contributed by atoms with Gasteiger partial charge < -0.3 is 20.2 Å². The summed E-state index contributed by atoms with van der Waals surface area (Å²) >= 11 is 0. The number of hydrogen-bond donors (Lipinski definition) is 3. The van der Waals surface area contributed by atoms with Gasteiger partial charge in [0.2, 0.25) is 0 Å². The Hall–Kier alpha value is -1.42. The van der Waals surface area contributed by atoms with Crippen LogP contribution in [0.25, 0.3) is 0 Å². The number of halogens is 3. The third-order valence-corrected chi connectivity index (χ3v) is 5.12. The maximum Gasteiger partial charge on any atom is 0.433 e. The third kappa shape index (κ3) is 4.46. The molecule has 9 heteroatoms. The predicted molar refractivity (Wildman–Crippen MR) is 88.6 cm³/mol. The number of anilines is 1. The quantitative estimate of drug-likeness (QED) is 0.722. The van der Waals surface area contributed by atoms with Crippen LogP contribution in [-0.4, -0.2) is 76.2 Å². The Balaban J connectivity index is 1.59. The van der Waals surface area contributed by atoms with Crippen LogP contribution in [0.5, 0.6) is 0 Å². The summed E-state index contributed by atoms with van der Waals surface area (Å²) in [4.78, 5) is 7.48. The van der Waals surface area contributed by atoms with E-state index in [0.29, 0.717) is 31.9 Å². The van der Waals surface area contributed by atoms with Gasteiger partial charge in [-0.25, -0.2) is 4.98 Å². The first-order valence-corrected chi connectivity index (χ1v) is 8.79. The molecular weight excluding hydrogens is 351 g/mol. The van der Waals surface area contributed by atoms with Crippen LogP contribution in [0.1, 0.15) is 18.5 Å². The van der Waals surface area contributed by atoms with Crippen molar-refractivity contribution in [3.05, 3.63) is 24.0 Å². The smallest absolute Gasteiger partial charge is 0.389 e. The third-order valence-electron chi connectivity index (χ3n) is 5.12. The molecule has 3 N–H and O–H groups in total. The first kappa shape index (κ1) is 19.3. The van der Waals surface area contributed by atoms with E-state index in [1.54, 1.807) is 0 Å². The average Bonchev–Trinajstić information content (AvgIpc) is 2.59. The van der Waals surface area contributed by atoms with E-state index < -0.39 is 30.2 Å². The Morgan fingerprint density at radius 2 is 1.77 bits per heavy atom. The van der Waals surface area contributed by atoms with E-state index in [1.165, 1.54) is 12.3 Å². The van der Waals surface area contributed by atoms with Gasteiger partial charge >= 0.3 is 6.18 Å². The number of nitrogens with zero attached hydrogens (tertiary/aromatic N) is 3. The topological polar surface area (TPSA) is 80.1 Å². The fourth-order valence-corrected chi connectivity index (χ4v) is 3.78. The fraction of sp³-hybridized carbons (Fsp3) is 0.706. The molecule has 26 heavy (non-hydrogen) atoms. The lowest BCUT2D eigenvalue weighted by Gasteiger charge is -2.41. The highest BCUT2D eigenvalue weighted by molar-refractivity contribution is 5.45. The maximum atomic E-state index is 12.6. The summed E-state index contributed by atoms with van der Waals surface area (Å²) in [6.45, 7) is 2.70. The summed E-state index contributed by atoms with van der Waals surface area (Å²) in [7, 11) is 0. The average molecular weight is 375 g/mol. The molecule has 0 aliphatic carbocycles. The molecule has 1 aromatic rings. The second kappa shape index (κ2) is 7.67. The highest BCUT2D eigenvalue weighted by atomic mass is 19.4. The number of β-amino-alcohol motifs (C(OH)–C–C–N with tert-alkyl or cyclic N) is 2. The lowest BCUT2D eigenvalue weighted by Crippen LogP contribution is -2.56. The van der Waals surface area contributed by atoms with Gasteiger partial charge in [0, 0.05) is 32.7 Å². The van der Waals surface area contributed by atoms with Crippen LogP contribution in [0.4, 0.5) is 18.9 Å². The molecule has 1 aromatic heterocycles. The molecule has 6 nitrogen and oxygen atoms in total. The Kier molecular flexibility index (Phi) is 5.71. The van der Waals surface area contributed by atoms with Gasteiger partial charge in [0.25, 0.3) is 0 Å². The van der Waals surface area contributed by atoms with Crippen molar-refractivity contribution >= 4 is 5.69 Å². The van der Waals surface area contributed by atoms with E-state index in [0.717, 1.165) is 25.5 Å². The molecule has 0 bridgehead atoms. The molecule has 0 amide bonds. The van der Waals surface area contributed by atoms with Gasteiger partial charge in [0.15, 0.2) is 0 Å². The Morgan fingerprint density at radius 3 is 2.35 bits per heavy atom. The van der Waals surface area contributed by atoms with Gasteiger partial charge in [0.05, 0.1) is 24.1 Å². The molecular formula is C17H24F3N3O3. The van der Waals surface area contributed by atoms with Gasteiger partial charge in [0.1, 0.15) is 11.8 Å². The van der Waals surface area contributed by atoms with Crippen molar-refractivity contribution in [3.63, 3.8) is 0 Å². The van der Waals surface area contributed by atoms with Gasteiger partial charge in [-0.2, -0.15) is 13.2 Å². The van der Waals surface area contributed by atoms with Crippen LogP contribution in [0.15, 0.2) is 18.3 Å². The van der Waals surface area contributed by atoms with Crippen LogP contribution in [0.2, 0.25) is 0 Å². The molecule has 2 saturated heterocycles. The van der Waals surface area contributed by atoms with E-state index >= 15 is 0 Å². The minimum atomic E-state index is -4.44. The van der Waals surface area contributed by atoms with Gasteiger partial charge in [-0.1, -0.05) is 0 Å². The molecule has 0 spiro atoms. The normalized spacial score (nSPS) is 31.2. The second-order valence-corrected chi connectivity index (χ2v) is 7.20. The van der Waals surface area contributed by atoms with E-state index in [1.807, 2.05) is 9.80 Å². The zero-order chi connectivity index (χ0) is 18.9. The minimum absolute atomic E-state index is 0.265. The molecule has 4 atom stereocenters. The minimum Gasteiger partial charge on any atom is -0.389 e. The first-order chi connectivity index (χ1) is 12.2. The molecule has 2 fully saturated rings. The van der Waals surface area contributed by atoms with Crippen molar-refractivity contribution in [2.75, 3.05) is 37.6 Å². The predicted octanol–water partition coefficient (Wildman–Crippen LogP) is 0.715. The monoisotopic (exact) mass is 375 g/mol. The molecule has 0 radical (unpaired) electrons. The molecule has 0 aromatic carbocycles. The zero-order valence-electron chi connectivity index (χ0n) is 14.3. The van der Waals surface area contributed by atoms with Crippen LogP contribution in [-0.2, 0) is 6.18 Å². The highest BCUT2D eigenvalue weighted by Crippen LogP contribution is 2.30. The summed E-state index contributed by atoms with van der Waals surface area (Å²) in [5, 5.41) is 29.2. The molecule has 3 rings (SSSR count). The Bertz CT molecular complexity index is 587. The largest absolute Gasteiger partial charge is 0.433 e. The molecule has 1 unspecified atom stereocenters. The zero-order valence-corrected chi connectivity index (χ0v) is 14.3. The van der Waals surface area contributed by atoms with Gasteiger partial charge in [-0.05, 0) is 30.9 Å². The number of aliphatic hydroxyl groups excluding tert-OH is 3. The van der Waals surface area contributed by atoms with E-state index in [2.05, 4.69) is 4.98 Å². The van der Waals surface area contributed by atoms with Gasteiger partial charge in [-0.3, -0.25) is 4.90 Å². The number of rotatable bonds is 3.